The Kier molecular flexibility index (Phi) is 3.78. The molecule has 0 unspecified atom stereocenters. The second kappa shape index (κ2) is 5.88. The van der Waals surface area contributed by atoms with Crippen molar-refractivity contribution < 1.29 is 4.74 Å². The second-order valence-corrected chi connectivity index (χ2v) is 5.14. The molecule has 0 aromatic heterocycles. The van der Waals surface area contributed by atoms with Crippen LogP contribution < -0.4 is 10.1 Å². The SMILES string of the molecule is COc1ccc2ccccc2c1CNc1ccccc1C. The van der Waals surface area contributed by atoms with Gasteiger partial charge in [-0.25, -0.2) is 0 Å². The third kappa shape index (κ3) is 2.70. The van der Waals surface area contributed by atoms with Gasteiger partial charge in [-0.1, -0.05) is 48.5 Å². The average molecular weight is 277 g/mol. The predicted octanol–water partition coefficient (Wildman–Crippen LogP) is 4.77. The van der Waals surface area contributed by atoms with Gasteiger partial charge >= 0.3 is 0 Å². The number of anilines is 1. The van der Waals surface area contributed by atoms with Gasteiger partial charge < -0.3 is 10.1 Å². The van der Waals surface area contributed by atoms with Gasteiger partial charge in [0.2, 0.25) is 0 Å². The van der Waals surface area contributed by atoms with Gasteiger partial charge in [0.15, 0.2) is 0 Å². The van der Waals surface area contributed by atoms with Crippen LogP contribution in [0.3, 0.4) is 0 Å². The Morgan fingerprint density at radius 2 is 1.67 bits per heavy atom. The Bertz CT molecular complexity index is 764. The Morgan fingerprint density at radius 3 is 2.48 bits per heavy atom. The molecular weight excluding hydrogens is 258 g/mol. The Balaban J connectivity index is 1.97. The molecule has 0 heterocycles. The van der Waals surface area contributed by atoms with Crippen molar-refractivity contribution in [3.63, 3.8) is 0 Å². The fourth-order valence-corrected chi connectivity index (χ4v) is 2.64. The number of hydrogen-bond donors (Lipinski definition) is 1. The fraction of sp³-hybridized carbons (Fsp3) is 0.158. The summed E-state index contributed by atoms with van der Waals surface area (Å²) in [4.78, 5) is 0. The Morgan fingerprint density at radius 1 is 0.905 bits per heavy atom. The molecule has 2 nitrogen and oxygen atoms in total. The maximum absolute atomic E-state index is 5.53. The lowest BCUT2D eigenvalue weighted by atomic mass is 10.0. The summed E-state index contributed by atoms with van der Waals surface area (Å²) in [5.41, 5.74) is 3.60. The van der Waals surface area contributed by atoms with Crippen molar-refractivity contribution >= 4 is 16.5 Å². The molecule has 0 aliphatic carbocycles. The van der Waals surface area contributed by atoms with E-state index in [1.807, 2.05) is 6.07 Å². The number of aryl methyl sites for hydroxylation is 1. The lowest BCUT2D eigenvalue weighted by molar-refractivity contribution is 0.411. The van der Waals surface area contributed by atoms with Crippen molar-refractivity contribution in [1.82, 2.24) is 0 Å². The minimum absolute atomic E-state index is 0.745. The lowest BCUT2D eigenvalue weighted by Crippen LogP contribution is -2.03. The highest BCUT2D eigenvalue weighted by Crippen LogP contribution is 2.29. The van der Waals surface area contributed by atoms with E-state index in [1.54, 1.807) is 7.11 Å². The number of benzene rings is 3. The molecule has 21 heavy (non-hydrogen) atoms. The minimum atomic E-state index is 0.745. The van der Waals surface area contributed by atoms with Crippen LogP contribution in [0.5, 0.6) is 5.75 Å². The first kappa shape index (κ1) is 13.5. The molecule has 2 heteroatoms. The van der Waals surface area contributed by atoms with E-state index in [2.05, 4.69) is 66.8 Å². The van der Waals surface area contributed by atoms with E-state index in [9.17, 15) is 0 Å². The van der Waals surface area contributed by atoms with Gasteiger partial charge in [-0.15, -0.1) is 0 Å². The quantitative estimate of drug-likeness (QED) is 0.741. The van der Waals surface area contributed by atoms with Gasteiger partial charge in [0.25, 0.3) is 0 Å². The Labute approximate surface area is 125 Å². The van der Waals surface area contributed by atoms with Crippen LogP contribution in [0.4, 0.5) is 5.69 Å². The number of nitrogens with one attached hydrogen (secondary N) is 1. The van der Waals surface area contributed by atoms with Crippen LogP contribution in [-0.4, -0.2) is 7.11 Å². The number of ether oxygens (including phenoxy) is 1. The smallest absolute Gasteiger partial charge is 0.124 e. The molecule has 0 saturated heterocycles. The lowest BCUT2D eigenvalue weighted by Gasteiger charge is -2.14. The summed E-state index contributed by atoms with van der Waals surface area (Å²) in [6, 6.07) is 20.9. The third-order valence-electron chi connectivity index (χ3n) is 3.82. The first-order valence-corrected chi connectivity index (χ1v) is 7.13. The number of hydrogen-bond acceptors (Lipinski definition) is 2. The zero-order valence-corrected chi connectivity index (χ0v) is 12.4. The van der Waals surface area contributed by atoms with Gasteiger partial charge in [0.05, 0.1) is 7.11 Å². The molecule has 3 aromatic carbocycles. The molecule has 0 fully saturated rings. The molecule has 0 aliphatic rings. The summed E-state index contributed by atoms with van der Waals surface area (Å²) in [5.74, 6) is 0.926. The van der Waals surface area contributed by atoms with Gasteiger partial charge in [0, 0.05) is 17.8 Å². The number of fused-ring (bicyclic) bond motifs is 1. The molecule has 3 aromatic rings. The Hall–Kier alpha value is -2.48. The summed E-state index contributed by atoms with van der Waals surface area (Å²) < 4.78 is 5.53. The highest BCUT2D eigenvalue weighted by atomic mass is 16.5. The zero-order chi connectivity index (χ0) is 14.7. The summed E-state index contributed by atoms with van der Waals surface area (Å²) in [5, 5.41) is 5.99. The van der Waals surface area contributed by atoms with Crippen molar-refractivity contribution in [2.24, 2.45) is 0 Å². The number of para-hydroxylation sites is 1. The molecule has 3 rings (SSSR count). The van der Waals surface area contributed by atoms with Crippen molar-refractivity contribution in [3.8, 4) is 5.75 Å². The van der Waals surface area contributed by atoms with Gasteiger partial charge in [-0.3, -0.25) is 0 Å². The highest BCUT2D eigenvalue weighted by molar-refractivity contribution is 5.88. The molecule has 0 amide bonds. The molecule has 0 bridgehead atoms. The second-order valence-electron chi connectivity index (χ2n) is 5.14. The van der Waals surface area contributed by atoms with E-state index in [-0.39, 0.29) is 0 Å². The highest BCUT2D eigenvalue weighted by Gasteiger charge is 2.08. The van der Waals surface area contributed by atoms with E-state index in [1.165, 1.54) is 21.9 Å². The monoisotopic (exact) mass is 277 g/mol. The van der Waals surface area contributed by atoms with Crippen molar-refractivity contribution in [2.45, 2.75) is 13.5 Å². The molecule has 106 valence electrons. The molecule has 0 saturated carbocycles. The average Bonchev–Trinajstić information content (AvgIpc) is 2.53. The standard InChI is InChI=1S/C19H19NO/c1-14-7-3-6-10-18(14)20-13-17-16-9-5-4-8-15(16)11-12-19(17)21-2/h3-12,20H,13H2,1-2H3. The largest absolute Gasteiger partial charge is 0.496 e. The minimum Gasteiger partial charge on any atom is -0.496 e. The maximum atomic E-state index is 5.53. The topological polar surface area (TPSA) is 21.3 Å². The van der Waals surface area contributed by atoms with Crippen LogP contribution in [0.1, 0.15) is 11.1 Å². The van der Waals surface area contributed by atoms with Crippen LogP contribution in [-0.2, 0) is 6.54 Å². The zero-order valence-electron chi connectivity index (χ0n) is 12.4. The van der Waals surface area contributed by atoms with E-state index in [4.69, 9.17) is 4.74 Å². The van der Waals surface area contributed by atoms with Crippen LogP contribution in [0.15, 0.2) is 60.7 Å². The fourth-order valence-electron chi connectivity index (χ4n) is 2.64. The number of rotatable bonds is 4. The molecule has 0 radical (unpaired) electrons. The maximum Gasteiger partial charge on any atom is 0.124 e. The molecule has 0 atom stereocenters. The van der Waals surface area contributed by atoms with Crippen molar-refractivity contribution in [1.29, 1.82) is 0 Å². The van der Waals surface area contributed by atoms with E-state index < -0.39 is 0 Å². The summed E-state index contributed by atoms with van der Waals surface area (Å²) in [6.07, 6.45) is 0. The molecule has 0 aliphatic heterocycles. The van der Waals surface area contributed by atoms with Gasteiger partial charge in [0.1, 0.15) is 5.75 Å². The van der Waals surface area contributed by atoms with Crippen LogP contribution >= 0.6 is 0 Å². The van der Waals surface area contributed by atoms with E-state index in [0.29, 0.717) is 0 Å². The first-order valence-electron chi connectivity index (χ1n) is 7.13. The molecular formula is C19H19NO. The van der Waals surface area contributed by atoms with Crippen LogP contribution in [0.25, 0.3) is 10.8 Å². The first-order chi connectivity index (χ1) is 10.3. The van der Waals surface area contributed by atoms with Gasteiger partial charge in [-0.05, 0) is 35.4 Å². The van der Waals surface area contributed by atoms with Gasteiger partial charge in [-0.2, -0.15) is 0 Å². The van der Waals surface area contributed by atoms with Crippen molar-refractivity contribution in [2.75, 3.05) is 12.4 Å². The molecule has 1 N–H and O–H groups in total. The predicted molar refractivity (Wildman–Crippen MR) is 89.0 cm³/mol. The normalized spacial score (nSPS) is 10.6. The third-order valence-corrected chi connectivity index (χ3v) is 3.82. The van der Waals surface area contributed by atoms with E-state index in [0.717, 1.165) is 18.0 Å². The molecule has 0 spiro atoms. The summed E-state index contributed by atoms with van der Waals surface area (Å²) in [7, 11) is 1.72. The van der Waals surface area contributed by atoms with Crippen LogP contribution in [0, 0.1) is 6.92 Å². The van der Waals surface area contributed by atoms with E-state index >= 15 is 0 Å². The van der Waals surface area contributed by atoms with Crippen molar-refractivity contribution in [3.05, 3.63) is 71.8 Å². The van der Waals surface area contributed by atoms with Crippen LogP contribution in [0.2, 0.25) is 0 Å². The number of methoxy groups -OCH3 is 1. The summed E-state index contributed by atoms with van der Waals surface area (Å²) >= 11 is 0. The summed E-state index contributed by atoms with van der Waals surface area (Å²) in [6.45, 7) is 2.86.